The highest BCUT2D eigenvalue weighted by Crippen LogP contribution is 2.27. The van der Waals surface area contributed by atoms with Gasteiger partial charge in [0.25, 0.3) is 5.91 Å². The maximum atomic E-state index is 13.6. The molecule has 3 rings (SSSR count). The van der Waals surface area contributed by atoms with Gasteiger partial charge in [0, 0.05) is 29.1 Å². The summed E-state index contributed by atoms with van der Waals surface area (Å²) in [6.07, 6.45) is 0. The molecule has 8 heteroatoms. The number of primary amides is 1. The van der Waals surface area contributed by atoms with E-state index in [1.807, 2.05) is 13.8 Å². The number of nitrogens with two attached hydrogens (primary N) is 1. The zero-order valence-corrected chi connectivity index (χ0v) is 15.6. The number of amides is 1. The van der Waals surface area contributed by atoms with Crippen LogP contribution in [0.3, 0.4) is 0 Å². The maximum Gasteiger partial charge on any atom is 0.251 e. The first kappa shape index (κ1) is 18.9. The SMILES string of the molecule is CC(C)(CNc1nc(-c2ccc(F)c(C(N)=O)c2)ns1)c1ccc(F)cc1. The van der Waals surface area contributed by atoms with Crippen molar-refractivity contribution in [3.63, 3.8) is 0 Å². The lowest BCUT2D eigenvalue weighted by molar-refractivity contribution is 0.0996. The molecule has 140 valence electrons. The molecular formula is C19H18F2N4OS. The van der Waals surface area contributed by atoms with Crippen LogP contribution in [0.4, 0.5) is 13.9 Å². The van der Waals surface area contributed by atoms with Crippen LogP contribution in [0.5, 0.6) is 0 Å². The van der Waals surface area contributed by atoms with Crippen molar-refractivity contribution in [1.29, 1.82) is 0 Å². The van der Waals surface area contributed by atoms with E-state index in [0.29, 0.717) is 23.1 Å². The van der Waals surface area contributed by atoms with Crippen LogP contribution in [0.2, 0.25) is 0 Å². The van der Waals surface area contributed by atoms with Crippen LogP contribution in [0.1, 0.15) is 29.8 Å². The van der Waals surface area contributed by atoms with Gasteiger partial charge < -0.3 is 11.1 Å². The number of halogens is 2. The Bertz CT molecular complexity index is 970. The molecule has 2 aromatic carbocycles. The van der Waals surface area contributed by atoms with Crippen LogP contribution in [0.25, 0.3) is 11.4 Å². The number of nitrogens with one attached hydrogen (secondary N) is 1. The van der Waals surface area contributed by atoms with E-state index in [9.17, 15) is 13.6 Å². The summed E-state index contributed by atoms with van der Waals surface area (Å²) in [6, 6.07) is 10.4. The zero-order valence-electron chi connectivity index (χ0n) is 14.8. The second-order valence-electron chi connectivity index (χ2n) is 6.73. The van der Waals surface area contributed by atoms with E-state index in [-0.39, 0.29) is 16.8 Å². The molecule has 5 nitrogen and oxygen atoms in total. The minimum atomic E-state index is -0.844. The van der Waals surface area contributed by atoms with E-state index in [0.717, 1.165) is 17.1 Å². The molecule has 1 amide bonds. The highest BCUT2D eigenvalue weighted by Gasteiger charge is 2.21. The number of carbonyl (C=O) groups excluding carboxylic acids is 1. The predicted molar refractivity (Wildman–Crippen MR) is 102 cm³/mol. The number of hydrogen-bond donors (Lipinski definition) is 2. The summed E-state index contributed by atoms with van der Waals surface area (Å²) in [7, 11) is 0. The summed E-state index contributed by atoms with van der Waals surface area (Å²) in [5.74, 6) is -1.42. The monoisotopic (exact) mass is 388 g/mol. The van der Waals surface area contributed by atoms with Crippen LogP contribution in [0, 0.1) is 11.6 Å². The quantitative estimate of drug-likeness (QED) is 0.669. The molecule has 0 saturated heterocycles. The molecule has 0 saturated carbocycles. The molecule has 27 heavy (non-hydrogen) atoms. The standard InChI is InChI=1S/C19H18F2N4OS/c1-19(2,12-4-6-13(20)7-5-12)10-23-18-24-17(25-27-18)11-3-8-15(21)14(9-11)16(22)26/h3-9H,10H2,1-2H3,(H2,22,26)(H,23,24,25). The van der Waals surface area contributed by atoms with Crippen molar-refractivity contribution in [3.05, 3.63) is 65.2 Å². The first-order chi connectivity index (χ1) is 12.8. The molecule has 0 bridgehead atoms. The normalized spacial score (nSPS) is 11.4. The highest BCUT2D eigenvalue weighted by atomic mass is 32.1. The molecule has 0 radical (unpaired) electrons. The van der Waals surface area contributed by atoms with Crippen LogP contribution >= 0.6 is 11.5 Å². The third-order valence-corrected chi connectivity index (χ3v) is 4.90. The Morgan fingerprint density at radius 2 is 1.89 bits per heavy atom. The van der Waals surface area contributed by atoms with Gasteiger partial charge in [0.05, 0.1) is 5.56 Å². The fourth-order valence-corrected chi connectivity index (χ4v) is 3.15. The molecule has 0 atom stereocenters. The minimum Gasteiger partial charge on any atom is -0.366 e. The summed E-state index contributed by atoms with van der Waals surface area (Å²) in [4.78, 5) is 15.7. The number of aromatic nitrogens is 2. The molecule has 0 aliphatic carbocycles. The van der Waals surface area contributed by atoms with Crippen molar-refractivity contribution >= 4 is 22.6 Å². The number of nitrogens with zero attached hydrogens (tertiary/aromatic N) is 2. The predicted octanol–water partition coefficient (Wildman–Crippen LogP) is 3.97. The van der Waals surface area contributed by atoms with Gasteiger partial charge in [-0.25, -0.2) is 8.78 Å². The van der Waals surface area contributed by atoms with Crippen LogP contribution in [-0.4, -0.2) is 21.8 Å². The van der Waals surface area contributed by atoms with Crippen molar-refractivity contribution in [3.8, 4) is 11.4 Å². The van der Waals surface area contributed by atoms with E-state index in [2.05, 4.69) is 14.7 Å². The Morgan fingerprint density at radius 1 is 1.19 bits per heavy atom. The van der Waals surface area contributed by atoms with Gasteiger partial charge in [-0.05, 0) is 35.9 Å². The van der Waals surface area contributed by atoms with Gasteiger partial charge in [-0.2, -0.15) is 9.36 Å². The molecule has 0 fully saturated rings. The number of anilines is 1. The largest absolute Gasteiger partial charge is 0.366 e. The molecular weight excluding hydrogens is 370 g/mol. The van der Waals surface area contributed by atoms with Crippen LogP contribution < -0.4 is 11.1 Å². The molecule has 1 heterocycles. The Hall–Kier alpha value is -2.87. The fraction of sp³-hybridized carbons (Fsp3) is 0.211. The van der Waals surface area contributed by atoms with E-state index < -0.39 is 11.7 Å². The number of rotatable bonds is 6. The van der Waals surface area contributed by atoms with Gasteiger partial charge in [0.15, 0.2) is 5.82 Å². The summed E-state index contributed by atoms with van der Waals surface area (Å²) >= 11 is 1.16. The zero-order chi connectivity index (χ0) is 19.6. The summed E-state index contributed by atoms with van der Waals surface area (Å²) in [5, 5.41) is 3.81. The van der Waals surface area contributed by atoms with E-state index in [1.54, 1.807) is 12.1 Å². The molecule has 3 aromatic rings. The topological polar surface area (TPSA) is 80.9 Å². The molecule has 0 unspecified atom stereocenters. The van der Waals surface area contributed by atoms with Crippen molar-refractivity contribution in [2.24, 2.45) is 5.73 Å². The molecule has 3 N–H and O–H groups in total. The van der Waals surface area contributed by atoms with Gasteiger partial charge in [0.1, 0.15) is 11.6 Å². The first-order valence-corrected chi connectivity index (χ1v) is 8.97. The van der Waals surface area contributed by atoms with Crippen molar-refractivity contribution in [2.75, 3.05) is 11.9 Å². The Labute approximate surface area is 159 Å². The Balaban J connectivity index is 1.74. The molecule has 1 aromatic heterocycles. The average molecular weight is 388 g/mol. The van der Waals surface area contributed by atoms with Crippen LogP contribution in [0.15, 0.2) is 42.5 Å². The van der Waals surface area contributed by atoms with E-state index >= 15 is 0 Å². The number of hydrogen-bond acceptors (Lipinski definition) is 5. The van der Waals surface area contributed by atoms with Crippen molar-refractivity contribution in [2.45, 2.75) is 19.3 Å². The fourth-order valence-electron chi connectivity index (χ4n) is 2.57. The third kappa shape index (κ3) is 4.28. The van der Waals surface area contributed by atoms with E-state index in [4.69, 9.17) is 5.73 Å². The molecule has 0 aliphatic heterocycles. The van der Waals surface area contributed by atoms with Gasteiger partial charge in [-0.15, -0.1) is 0 Å². The maximum absolute atomic E-state index is 13.6. The highest BCUT2D eigenvalue weighted by molar-refractivity contribution is 7.09. The van der Waals surface area contributed by atoms with Gasteiger partial charge in [-0.3, -0.25) is 4.79 Å². The Kier molecular flexibility index (Phi) is 5.18. The summed E-state index contributed by atoms with van der Waals surface area (Å²) < 4.78 is 31.0. The summed E-state index contributed by atoms with van der Waals surface area (Å²) in [5.41, 5.74) is 6.22. The number of benzene rings is 2. The smallest absolute Gasteiger partial charge is 0.251 e. The summed E-state index contributed by atoms with van der Waals surface area (Å²) in [6.45, 7) is 4.63. The number of carbonyl (C=O) groups is 1. The van der Waals surface area contributed by atoms with Gasteiger partial charge >= 0.3 is 0 Å². The lowest BCUT2D eigenvalue weighted by Gasteiger charge is -2.25. The minimum absolute atomic E-state index is 0.200. The Morgan fingerprint density at radius 3 is 2.56 bits per heavy atom. The van der Waals surface area contributed by atoms with Gasteiger partial charge in [-0.1, -0.05) is 26.0 Å². The first-order valence-electron chi connectivity index (χ1n) is 8.19. The van der Waals surface area contributed by atoms with Gasteiger partial charge in [0.2, 0.25) is 5.13 Å². The lowest BCUT2D eigenvalue weighted by Crippen LogP contribution is -2.27. The molecule has 0 spiro atoms. The average Bonchev–Trinajstić information content (AvgIpc) is 3.10. The van der Waals surface area contributed by atoms with Crippen LogP contribution in [-0.2, 0) is 5.41 Å². The second kappa shape index (κ2) is 7.40. The van der Waals surface area contributed by atoms with E-state index in [1.165, 1.54) is 30.3 Å². The van der Waals surface area contributed by atoms with Crippen molar-refractivity contribution in [1.82, 2.24) is 9.36 Å². The molecule has 0 aliphatic rings. The second-order valence-corrected chi connectivity index (χ2v) is 7.48. The third-order valence-electron chi connectivity index (χ3n) is 4.22. The lowest BCUT2D eigenvalue weighted by atomic mass is 9.85. The van der Waals surface area contributed by atoms with Crippen molar-refractivity contribution < 1.29 is 13.6 Å².